The molecule has 0 unspecified atom stereocenters. The Kier molecular flexibility index (Phi) is 12.0. The monoisotopic (exact) mass is 572 g/mol. The molecule has 0 saturated carbocycles. The molecule has 31 heavy (non-hydrogen) atoms. The molecule has 9 nitrogen and oxygen atoms in total. The van der Waals surface area contributed by atoms with E-state index in [4.69, 9.17) is 0 Å². The average molecular weight is 573 g/mol. The number of nitrogens with zero attached hydrogens (tertiary/aromatic N) is 4. The Bertz CT molecular complexity index is 685. The Morgan fingerprint density at radius 2 is 1.55 bits per heavy atom. The number of guanidine groups is 1. The molecule has 2 N–H and O–H groups in total. The normalized spacial score (nSPS) is 19.5. The van der Waals surface area contributed by atoms with Gasteiger partial charge in [0.2, 0.25) is 15.9 Å². The van der Waals surface area contributed by atoms with Gasteiger partial charge in [-0.2, -0.15) is 0 Å². The van der Waals surface area contributed by atoms with Gasteiger partial charge < -0.3 is 15.1 Å². The van der Waals surface area contributed by atoms with E-state index in [0.717, 1.165) is 70.9 Å². The molecule has 2 rings (SSSR count). The van der Waals surface area contributed by atoms with Crippen LogP contribution in [0.15, 0.2) is 4.99 Å². The molecule has 11 heteroatoms. The van der Waals surface area contributed by atoms with Crippen LogP contribution < -0.4 is 10.0 Å². The number of carbonyl (C=O) groups is 1. The van der Waals surface area contributed by atoms with Crippen molar-refractivity contribution in [2.75, 3.05) is 65.2 Å². The van der Waals surface area contributed by atoms with Crippen LogP contribution in [-0.2, 0) is 14.8 Å². The maximum atomic E-state index is 12.6. The van der Waals surface area contributed by atoms with E-state index < -0.39 is 15.6 Å². The fraction of sp³-hybridized carbons (Fsp3) is 0.900. The highest BCUT2D eigenvalue weighted by Gasteiger charge is 2.25. The molecule has 2 aliphatic rings. The van der Waals surface area contributed by atoms with E-state index >= 15 is 0 Å². The molecular formula is C20H41IN6O3S. The van der Waals surface area contributed by atoms with Crippen LogP contribution in [0.1, 0.15) is 46.5 Å². The van der Waals surface area contributed by atoms with Crippen LogP contribution >= 0.6 is 24.0 Å². The summed E-state index contributed by atoms with van der Waals surface area (Å²) in [6.07, 6.45) is 5.85. The molecule has 0 aromatic heterocycles. The maximum Gasteiger partial charge on any atom is 0.236 e. The van der Waals surface area contributed by atoms with Crippen LogP contribution in [0.3, 0.4) is 0 Å². The molecule has 0 bridgehead atoms. The second kappa shape index (κ2) is 13.1. The van der Waals surface area contributed by atoms with Crippen molar-refractivity contribution >= 4 is 45.9 Å². The van der Waals surface area contributed by atoms with E-state index in [0.29, 0.717) is 13.1 Å². The first-order valence-electron chi connectivity index (χ1n) is 11.1. The SMILES string of the molecule is CCNC(=NCC(C)(C)NS(C)(=O)=O)N1CCN(CC(=O)N2CCCCCC2)CC1.I. The lowest BCUT2D eigenvalue weighted by Gasteiger charge is -2.37. The first kappa shape index (κ1) is 28.4. The second-order valence-corrected chi connectivity index (χ2v) is 10.7. The van der Waals surface area contributed by atoms with Crippen LogP contribution in [0.25, 0.3) is 0 Å². The van der Waals surface area contributed by atoms with Crippen LogP contribution in [0, 0.1) is 0 Å². The summed E-state index contributed by atoms with van der Waals surface area (Å²) in [5.41, 5.74) is -0.657. The van der Waals surface area contributed by atoms with Gasteiger partial charge in [-0.15, -0.1) is 24.0 Å². The molecule has 0 aromatic rings. The predicted molar refractivity (Wildman–Crippen MR) is 137 cm³/mol. The van der Waals surface area contributed by atoms with Gasteiger partial charge in [0, 0.05) is 51.4 Å². The maximum absolute atomic E-state index is 12.6. The van der Waals surface area contributed by atoms with Crippen LogP contribution in [0.5, 0.6) is 0 Å². The number of piperazine rings is 1. The number of nitrogens with one attached hydrogen (secondary N) is 2. The summed E-state index contributed by atoms with van der Waals surface area (Å²) >= 11 is 0. The molecule has 2 saturated heterocycles. The third-order valence-electron chi connectivity index (χ3n) is 5.41. The average Bonchev–Trinajstić information content (AvgIpc) is 2.93. The molecule has 0 atom stereocenters. The highest BCUT2D eigenvalue weighted by atomic mass is 127. The molecule has 2 heterocycles. The molecule has 2 aliphatic heterocycles. The third kappa shape index (κ3) is 10.7. The zero-order valence-electron chi connectivity index (χ0n) is 19.5. The number of hydrogen-bond acceptors (Lipinski definition) is 5. The van der Waals surface area contributed by atoms with Crippen molar-refractivity contribution in [1.82, 2.24) is 24.7 Å². The van der Waals surface area contributed by atoms with Crippen molar-refractivity contribution in [3.05, 3.63) is 0 Å². The first-order chi connectivity index (χ1) is 14.1. The number of likely N-dealkylation sites (tertiary alicyclic amines) is 1. The Labute approximate surface area is 205 Å². The number of amides is 1. The van der Waals surface area contributed by atoms with Gasteiger partial charge in [-0.05, 0) is 33.6 Å². The summed E-state index contributed by atoms with van der Waals surface area (Å²) in [7, 11) is -3.29. The first-order valence-corrected chi connectivity index (χ1v) is 13.0. The largest absolute Gasteiger partial charge is 0.357 e. The zero-order chi connectivity index (χ0) is 22.2. The number of carbonyl (C=O) groups excluding carboxylic acids is 1. The molecule has 0 aliphatic carbocycles. The van der Waals surface area contributed by atoms with E-state index in [1.165, 1.54) is 12.8 Å². The van der Waals surface area contributed by atoms with E-state index in [9.17, 15) is 13.2 Å². The third-order valence-corrected chi connectivity index (χ3v) is 6.33. The second-order valence-electron chi connectivity index (χ2n) is 8.99. The molecule has 182 valence electrons. The summed E-state index contributed by atoms with van der Waals surface area (Å²) in [6.45, 7) is 12.3. The highest BCUT2D eigenvalue weighted by Crippen LogP contribution is 2.11. The topological polar surface area (TPSA) is 97.3 Å². The summed E-state index contributed by atoms with van der Waals surface area (Å²) in [5, 5.41) is 3.31. The number of aliphatic imine (C=N–C) groups is 1. The molecular weight excluding hydrogens is 531 g/mol. The Hall–Kier alpha value is -0.660. The summed E-state index contributed by atoms with van der Waals surface area (Å²) in [5.74, 6) is 1.04. The smallest absolute Gasteiger partial charge is 0.236 e. The van der Waals surface area contributed by atoms with Gasteiger partial charge in [-0.3, -0.25) is 14.7 Å². The summed E-state index contributed by atoms with van der Waals surface area (Å²) < 4.78 is 25.7. The zero-order valence-corrected chi connectivity index (χ0v) is 22.7. The lowest BCUT2D eigenvalue weighted by atomic mass is 10.1. The molecule has 0 aromatic carbocycles. The van der Waals surface area contributed by atoms with Gasteiger partial charge >= 0.3 is 0 Å². The Morgan fingerprint density at radius 3 is 2.06 bits per heavy atom. The quantitative estimate of drug-likeness (QED) is 0.268. The van der Waals surface area contributed by atoms with Gasteiger partial charge in [-0.1, -0.05) is 12.8 Å². The number of sulfonamides is 1. The van der Waals surface area contributed by atoms with Gasteiger partial charge in [-0.25, -0.2) is 13.1 Å². The van der Waals surface area contributed by atoms with Crippen molar-refractivity contribution in [3.63, 3.8) is 0 Å². The fourth-order valence-corrected chi connectivity index (χ4v) is 5.03. The van der Waals surface area contributed by atoms with Crippen molar-refractivity contribution in [2.45, 2.75) is 52.0 Å². The lowest BCUT2D eigenvalue weighted by molar-refractivity contribution is -0.132. The van der Waals surface area contributed by atoms with E-state index in [1.54, 1.807) is 0 Å². The number of rotatable bonds is 7. The van der Waals surface area contributed by atoms with Gasteiger partial charge in [0.05, 0.1) is 19.3 Å². The lowest BCUT2D eigenvalue weighted by Crippen LogP contribution is -2.55. The van der Waals surface area contributed by atoms with Crippen molar-refractivity contribution in [1.29, 1.82) is 0 Å². The molecule has 0 spiro atoms. The minimum absolute atomic E-state index is 0. The number of halogens is 1. The summed E-state index contributed by atoms with van der Waals surface area (Å²) in [4.78, 5) is 23.8. The van der Waals surface area contributed by atoms with Crippen molar-refractivity contribution in [2.24, 2.45) is 4.99 Å². The van der Waals surface area contributed by atoms with Crippen molar-refractivity contribution < 1.29 is 13.2 Å². The standard InChI is InChI=1S/C20H40N6O3S.HI/c1-5-21-19(22-17-20(2,3)23-30(4,28)29)26-14-12-24(13-15-26)16-18(27)25-10-8-6-7-9-11-25;/h23H,5-17H2,1-4H3,(H,21,22);1H. The Balaban J connectivity index is 0.00000480. The summed E-state index contributed by atoms with van der Waals surface area (Å²) in [6, 6.07) is 0. The Morgan fingerprint density at radius 1 is 0.968 bits per heavy atom. The highest BCUT2D eigenvalue weighted by molar-refractivity contribution is 14.0. The molecule has 1 amide bonds. The van der Waals surface area contributed by atoms with Gasteiger partial charge in [0.15, 0.2) is 5.96 Å². The van der Waals surface area contributed by atoms with Gasteiger partial charge in [0.1, 0.15) is 0 Å². The van der Waals surface area contributed by atoms with Crippen LogP contribution in [-0.4, -0.2) is 106 Å². The minimum Gasteiger partial charge on any atom is -0.357 e. The molecule has 0 radical (unpaired) electrons. The van der Waals surface area contributed by atoms with Crippen LogP contribution in [0.4, 0.5) is 0 Å². The van der Waals surface area contributed by atoms with Crippen LogP contribution in [0.2, 0.25) is 0 Å². The van der Waals surface area contributed by atoms with E-state index in [-0.39, 0.29) is 29.9 Å². The van der Waals surface area contributed by atoms with Gasteiger partial charge in [0.25, 0.3) is 0 Å². The van der Waals surface area contributed by atoms with Crippen molar-refractivity contribution in [3.8, 4) is 0 Å². The predicted octanol–water partition coefficient (Wildman–Crippen LogP) is 0.918. The minimum atomic E-state index is -3.29. The van der Waals surface area contributed by atoms with E-state index in [1.807, 2.05) is 25.7 Å². The van der Waals surface area contributed by atoms with E-state index in [2.05, 4.69) is 24.8 Å². The fourth-order valence-electron chi connectivity index (χ4n) is 3.96. The molecule has 2 fully saturated rings. The number of hydrogen-bond donors (Lipinski definition) is 2.